The van der Waals surface area contributed by atoms with Gasteiger partial charge in [0.05, 0.1) is 0 Å². The molecular formula is C4H10NO2Si. The Morgan fingerprint density at radius 2 is 1.75 bits per heavy atom. The van der Waals surface area contributed by atoms with Crippen molar-refractivity contribution in [2.24, 2.45) is 0 Å². The molecule has 0 aromatic carbocycles. The Kier molecular flexibility index (Phi) is 3.23. The van der Waals surface area contributed by atoms with Crippen molar-refractivity contribution in [3.8, 4) is 0 Å². The Morgan fingerprint density at radius 1 is 1.38 bits per heavy atom. The lowest BCUT2D eigenvalue weighted by Crippen LogP contribution is -2.44. The summed E-state index contributed by atoms with van der Waals surface area (Å²) in [7, 11) is 6.14. The highest BCUT2D eigenvalue weighted by molar-refractivity contribution is 6.04. The van der Waals surface area contributed by atoms with Crippen molar-refractivity contribution in [1.29, 1.82) is 0 Å². The van der Waals surface area contributed by atoms with E-state index in [1.807, 2.05) is 0 Å². The molecule has 1 N–H and O–H groups in total. The molecule has 47 valence electrons. The SMILES string of the molecule is COC(C)(N[Si])OC. The van der Waals surface area contributed by atoms with Crippen LogP contribution in [-0.4, -0.2) is 30.5 Å². The van der Waals surface area contributed by atoms with E-state index < -0.39 is 5.91 Å². The van der Waals surface area contributed by atoms with Crippen LogP contribution in [0.2, 0.25) is 0 Å². The highest BCUT2D eigenvalue weighted by Gasteiger charge is 2.17. The van der Waals surface area contributed by atoms with Crippen molar-refractivity contribution in [3.63, 3.8) is 0 Å². The van der Waals surface area contributed by atoms with Gasteiger partial charge in [-0.25, -0.2) is 0 Å². The average Bonchev–Trinajstić information content (AvgIpc) is 1.87. The standard InChI is InChI=1S/C4H10NO2Si/c1-4(5-8,6-2)7-3/h5H,1-3H3. The number of rotatable bonds is 3. The van der Waals surface area contributed by atoms with Gasteiger partial charge in [0.1, 0.15) is 10.4 Å². The van der Waals surface area contributed by atoms with Crippen LogP contribution in [0.3, 0.4) is 0 Å². The van der Waals surface area contributed by atoms with E-state index in [-0.39, 0.29) is 0 Å². The van der Waals surface area contributed by atoms with Gasteiger partial charge in [-0.05, 0) is 0 Å². The van der Waals surface area contributed by atoms with Crippen LogP contribution in [0.15, 0.2) is 0 Å². The molecule has 8 heavy (non-hydrogen) atoms. The molecule has 0 aliphatic rings. The number of ether oxygens (including phenoxy) is 2. The molecular weight excluding hydrogens is 122 g/mol. The quantitative estimate of drug-likeness (QED) is 0.419. The summed E-state index contributed by atoms with van der Waals surface area (Å²) in [5.74, 6) is -0.711. The molecule has 3 radical (unpaired) electrons. The van der Waals surface area contributed by atoms with Crippen LogP contribution >= 0.6 is 0 Å². The smallest absolute Gasteiger partial charge is 0.217 e. The summed E-state index contributed by atoms with van der Waals surface area (Å²) >= 11 is 0. The van der Waals surface area contributed by atoms with Gasteiger partial charge in [-0.15, -0.1) is 0 Å². The molecule has 0 amide bonds. The normalized spacial score (nSPS) is 12.0. The molecule has 0 rings (SSSR count). The fraction of sp³-hybridized carbons (Fsp3) is 1.00. The highest BCUT2D eigenvalue weighted by Crippen LogP contribution is 2.01. The van der Waals surface area contributed by atoms with Gasteiger partial charge >= 0.3 is 0 Å². The van der Waals surface area contributed by atoms with Crippen LogP contribution in [0.25, 0.3) is 0 Å². The topological polar surface area (TPSA) is 30.5 Å². The largest absolute Gasteiger partial charge is 0.341 e. The molecule has 0 aliphatic carbocycles. The summed E-state index contributed by atoms with van der Waals surface area (Å²) in [4.78, 5) is 2.64. The zero-order valence-electron chi connectivity index (χ0n) is 5.32. The molecule has 0 aromatic rings. The van der Waals surface area contributed by atoms with E-state index in [0.717, 1.165) is 0 Å². The van der Waals surface area contributed by atoms with E-state index in [2.05, 4.69) is 15.4 Å². The molecule has 0 bridgehead atoms. The summed E-state index contributed by atoms with van der Waals surface area (Å²) in [5, 5.41) is 0. The monoisotopic (exact) mass is 132 g/mol. The van der Waals surface area contributed by atoms with E-state index in [1.165, 1.54) is 0 Å². The van der Waals surface area contributed by atoms with Crippen molar-refractivity contribution in [1.82, 2.24) is 4.98 Å². The molecule has 4 heteroatoms. The summed E-state index contributed by atoms with van der Waals surface area (Å²) in [6.45, 7) is 1.75. The average molecular weight is 132 g/mol. The molecule has 0 aliphatic heterocycles. The summed E-state index contributed by atoms with van der Waals surface area (Å²) in [6.07, 6.45) is 0. The van der Waals surface area contributed by atoms with Crippen LogP contribution in [0.5, 0.6) is 0 Å². The number of methoxy groups -OCH3 is 2. The minimum atomic E-state index is -0.711. The Balaban J connectivity index is 3.58. The van der Waals surface area contributed by atoms with Gasteiger partial charge in [-0.2, -0.15) is 0 Å². The van der Waals surface area contributed by atoms with Crippen LogP contribution in [0.4, 0.5) is 0 Å². The molecule has 0 spiro atoms. The first-order valence-corrected chi connectivity index (χ1v) is 2.72. The van der Waals surface area contributed by atoms with Crippen molar-refractivity contribution >= 4 is 10.4 Å². The number of hydrogen-bond acceptors (Lipinski definition) is 3. The maximum Gasteiger partial charge on any atom is 0.217 e. The third-order valence-corrected chi connectivity index (χ3v) is 1.46. The lowest BCUT2D eigenvalue weighted by Gasteiger charge is -2.24. The zero-order valence-corrected chi connectivity index (χ0v) is 6.32. The maximum absolute atomic E-state index is 4.85. The van der Waals surface area contributed by atoms with Crippen molar-refractivity contribution in [3.05, 3.63) is 0 Å². The maximum atomic E-state index is 4.85. The van der Waals surface area contributed by atoms with Gasteiger partial charge in [0.15, 0.2) is 0 Å². The van der Waals surface area contributed by atoms with Crippen molar-refractivity contribution in [2.45, 2.75) is 12.8 Å². The zero-order chi connectivity index (χ0) is 6.62. The van der Waals surface area contributed by atoms with Crippen molar-refractivity contribution < 1.29 is 9.47 Å². The minimum absolute atomic E-state index is 0.711. The van der Waals surface area contributed by atoms with Gasteiger partial charge in [-0.3, -0.25) is 4.98 Å². The summed E-state index contributed by atoms with van der Waals surface area (Å²) < 4.78 is 9.71. The third-order valence-electron chi connectivity index (χ3n) is 1.01. The molecule has 0 unspecified atom stereocenters. The van der Waals surface area contributed by atoms with E-state index in [1.54, 1.807) is 21.1 Å². The van der Waals surface area contributed by atoms with Gasteiger partial charge in [-0.1, -0.05) is 0 Å². The first kappa shape index (κ1) is 8.10. The van der Waals surface area contributed by atoms with Crippen LogP contribution in [-0.2, 0) is 9.47 Å². The lowest BCUT2D eigenvalue weighted by atomic mass is 10.6. The number of hydrogen-bond donors (Lipinski definition) is 1. The number of nitrogens with one attached hydrogen (secondary N) is 1. The Labute approximate surface area is 52.9 Å². The molecule has 0 heterocycles. The second-order valence-corrected chi connectivity index (χ2v) is 1.73. The summed E-state index contributed by atoms with van der Waals surface area (Å²) in [5.41, 5.74) is 0. The molecule has 0 saturated carbocycles. The predicted molar refractivity (Wildman–Crippen MR) is 31.3 cm³/mol. The second kappa shape index (κ2) is 3.19. The van der Waals surface area contributed by atoms with E-state index in [4.69, 9.17) is 9.47 Å². The fourth-order valence-electron chi connectivity index (χ4n) is 0.185. The molecule has 0 saturated heterocycles. The minimum Gasteiger partial charge on any atom is -0.341 e. The fourth-order valence-corrected chi connectivity index (χ4v) is 0.390. The first-order chi connectivity index (χ1) is 3.68. The van der Waals surface area contributed by atoms with E-state index in [9.17, 15) is 0 Å². The van der Waals surface area contributed by atoms with Crippen LogP contribution < -0.4 is 4.98 Å². The molecule has 3 nitrogen and oxygen atoms in total. The predicted octanol–water partition coefficient (Wildman–Crippen LogP) is -0.374. The van der Waals surface area contributed by atoms with Gasteiger partial charge in [0, 0.05) is 21.1 Å². The third kappa shape index (κ3) is 1.91. The van der Waals surface area contributed by atoms with Crippen LogP contribution in [0, 0.1) is 0 Å². The van der Waals surface area contributed by atoms with E-state index >= 15 is 0 Å². The van der Waals surface area contributed by atoms with Crippen molar-refractivity contribution in [2.75, 3.05) is 14.2 Å². The first-order valence-electron chi connectivity index (χ1n) is 2.22. The Hall–Kier alpha value is 0.0969. The van der Waals surface area contributed by atoms with Gasteiger partial charge < -0.3 is 9.47 Å². The van der Waals surface area contributed by atoms with Gasteiger partial charge in [0.25, 0.3) is 0 Å². The Bertz CT molecular complexity index is 56.8. The molecule has 0 atom stereocenters. The molecule has 0 aromatic heterocycles. The second-order valence-electron chi connectivity index (χ2n) is 1.48. The van der Waals surface area contributed by atoms with Crippen LogP contribution in [0.1, 0.15) is 6.92 Å². The summed E-state index contributed by atoms with van der Waals surface area (Å²) in [6, 6.07) is 0. The lowest BCUT2D eigenvalue weighted by molar-refractivity contribution is -0.200. The van der Waals surface area contributed by atoms with Gasteiger partial charge in [0.2, 0.25) is 5.91 Å². The van der Waals surface area contributed by atoms with E-state index in [0.29, 0.717) is 0 Å². The Morgan fingerprint density at radius 3 is 1.75 bits per heavy atom. The highest BCUT2D eigenvalue weighted by atomic mass is 28.2. The molecule has 0 fully saturated rings.